The maximum absolute atomic E-state index is 13.1. The van der Waals surface area contributed by atoms with E-state index in [0.717, 1.165) is 42.4 Å². The van der Waals surface area contributed by atoms with Gasteiger partial charge in [-0.15, -0.1) is 0 Å². The van der Waals surface area contributed by atoms with E-state index in [4.69, 9.17) is 39.5 Å². The van der Waals surface area contributed by atoms with Gasteiger partial charge in [-0.2, -0.15) is 0 Å². The second kappa shape index (κ2) is 9.40. The van der Waals surface area contributed by atoms with Crippen molar-refractivity contribution in [2.24, 2.45) is 0 Å². The lowest BCUT2D eigenvalue weighted by atomic mass is 9.99. The van der Waals surface area contributed by atoms with E-state index in [2.05, 4.69) is 5.32 Å². The molecule has 1 aliphatic rings. The van der Waals surface area contributed by atoms with Crippen molar-refractivity contribution in [3.8, 4) is 22.6 Å². The Hall–Kier alpha value is -2.50. The number of piperidine rings is 1. The van der Waals surface area contributed by atoms with Gasteiger partial charge >= 0.3 is 0 Å². The number of pyridine rings is 1. The second-order valence-electron chi connectivity index (χ2n) is 8.03. The lowest BCUT2D eigenvalue weighted by Gasteiger charge is -2.25. The Bertz CT molecular complexity index is 1370. The fourth-order valence-corrected chi connectivity index (χ4v) is 5.13. The van der Waals surface area contributed by atoms with E-state index >= 15 is 0 Å². The first-order valence-electron chi connectivity index (χ1n) is 10.8. The smallest absolute Gasteiger partial charge is 0.255 e. The molecule has 1 fully saturated rings. The Labute approximate surface area is 206 Å². The molecule has 0 saturated carbocycles. The Morgan fingerprint density at radius 1 is 0.818 bits per heavy atom. The fourth-order valence-electron chi connectivity index (χ4n) is 4.33. The largest absolute Gasteiger partial charge is 0.490 e. The lowest BCUT2D eigenvalue weighted by molar-refractivity contribution is 0.163. The van der Waals surface area contributed by atoms with Crippen LogP contribution in [0.5, 0.6) is 5.75 Å². The predicted octanol–water partition coefficient (Wildman–Crippen LogP) is 6.75. The Morgan fingerprint density at radius 3 is 2.24 bits per heavy atom. The zero-order chi connectivity index (χ0) is 22.9. The third-order valence-corrected chi connectivity index (χ3v) is 6.84. The van der Waals surface area contributed by atoms with Crippen molar-refractivity contribution >= 4 is 45.7 Å². The monoisotopic (exact) mass is 498 g/mol. The van der Waals surface area contributed by atoms with Crippen LogP contribution in [0.4, 0.5) is 0 Å². The van der Waals surface area contributed by atoms with Crippen LogP contribution in [0.15, 0.2) is 71.5 Å². The van der Waals surface area contributed by atoms with Crippen LogP contribution in [0, 0.1) is 0 Å². The van der Waals surface area contributed by atoms with Crippen molar-refractivity contribution in [3.63, 3.8) is 0 Å². The number of para-hydroxylation sites is 1. The summed E-state index contributed by atoms with van der Waals surface area (Å²) in [4.78, 5) is 13.1. The molecular formula is C26H21Cl3N2O2. The molecule has 0 spiro atoms. The van der Waals surface area contributed by atoms with Crippen molar-refractivity contribution in [1.29, 1.82) is 0 Å². The Balaban J connectivity index is 1.81. The summed E-state index contributed by atoms with van der Waals surface area (Å²) in [6, 6.07) is 20.1. The molecule has 3 aromatic carbocycles. The molecule has 1 aliphatic heterocycles. The van der Waals surface area contributed by atoms with E-state index < -0.39 is 0 Å². The first kappa shape index (κ1) is 22.3. The van der Waals surface area contributed by atoms with Crippen molar-refractivity contribution in [1.82, 2.24) is 9.88 Å². The number of ether oxygens (including phenoxy) is 1. The molecule has 168 valence electrons. The number of hydrogen-bond donors (Lipinski definition) is 1. The van der Waals surface area contributed by atoms with E-state index in [-0.39, 0.29) is 11.7 Å². The van der Waals surface area contributed by atoms with Gasteiger partial charge in [0, 0.05) is 28.1 Å². The van der Waals surface area contributed by atoms with Gasteiger partial charge in [0.25, 0.3) is 5.56 Å². The van der Waals surface area contributed by atoms with Gasteiger partial charge in [0.2, 0.25) is 0 Å². The number of rotatable bonds is 4. The topological polar surface area (TPSA) is 43.3 Å². The van der Waals surface area contributed by atoms with Crippen molar-refractivity contribution in [2.75, 3.05) is 13.1 Å². The van der Waals surface area contributed by atoms with Crippen LogP contribution in [-0.4, -0.2) is 23.8 Å². The number of fused-ring (bicyclic) bond motifs is 1. The van der Waals surface area contributed by atoms with Crippen LogP contribution in [-0.2, 0) is 0 Å². The number of aromatic nitrogens is 1. The van der Waals surface area contributed by atoms with Gasteiger partial charge in [0.1, 0.15) is 11.9 Å². The number of nitrogens with one attached hydrogen (secondary N) is 1. The van der Waals surface area contributed by atoms with Gasteiger partial charge in [-0.3, -0.25) is 9.36 Å². The molecule has 1 N–H and O–H groups in total. The van der Waals surface area contributed by atoms with Gasteiger partial charge in [0.15, 0.2) is 0 Å². The normalized spacial score (nSPS) is 14.5. The number of hydrogen-bond acceptors (Lipinski definition) is 3. The van der Waals surface area contributed by atoms with Crippen LogP contribution < -0.4 is 15.6 Å². The average molecular weight is 500 g/mol. The van der Waals surface area contributed by atoms with Crippen LogP contribution >= 0.6 is 34.8 Å². The van der Waals surface area contributed by atoms with Crippen LogP contribution in [0.3, 0.4) is 0 Å². The first-order chi connectivity index (χ1) is 16.0. The maximum atomic E-state index is 13.1. The van der Waals surface area contributed by atoms with Crippen molar-refractivity contribution in [3.05, 3.63) is 92.2 Å². The average Bonchev–Trinajstić information content (AvgIpc) is 2.81. The highest BCUT2D eigenvalue weighted by atomic mass is 35.5. The van der Waals surface area contributed by atoms with Gasteiger partial charge in [0.05, 0.1) is 21.2 Å². The maximum Gasteiger partial charge on any atom is 0.255 e. The highest BCUT2D eigenvalue weighted by Gasteiger charge is 2.20. The molecule has 4 nitrogen and oxygen atoms in total. The standard InChI is InChI=1S/C26H21Cl3N2O2/c27-21-5-2-1-4-18(21)20-14-17(33-16-10-12-30-13-11-16)15-24-19(20)8-9-25(32)31(24)26-22(28)6-3-7-23(26)29/h1-9,14-16,30H,10-13H2. The van der Waals surface area contributed by atoms with E-state index in [9.17, 15) is 4.79 Å². The summed E-state index contributed by atoms with van der Waals surface area (Å²) in [7, 11) is 0. The van der Waals surface area contributed by atoms with Crippen LogP contribution in [0.1, 0.15) is 12.8 Å². The zero-order valence-electron chi connectivity index (χ0n) is 17.7. The quantitative estimate of drug-likeness (QED) is 0.338. The summed E-state index contributed by atoms with van der Waals surface area (Å²) in [5.41, 5.74) is 2.59. The third kappa shape index (κ3) is 4.36. The summed E-state index contributed by atoms with van der Waals surface area (Å²) in [6.45, 7) is 1.82. The molecule has 1 saturated heterocycles. The minimum atomic E-state index is -0.235. The molecule has 0 radical (unpaired) electrons. The van der Waals surface area contributed by atoms with Crippen LogP contribution in [0.25, 0.3) is 27.7 Å². The van der Waals surface area contributed by atoms with E-state index in [1.807, 2.05) is 42.5 Å². The molecule has 0 bridgehead atoms. The van der Waals surface area contributed by atoms with E-state index in [1.54, 1.807) is 22.8 Å². The molecule has 4 aromatic rings. The van der Waals surface area contributed by atoms with Gasteiger partial charge in [-0.25, -0.2) is 0 Å². The lowest BCUT2D eigenvalue weighted by Crippen LogP contribution is -2.34. The highest BCUT2D eigenvalue weighted by Crippen LogP contribution is 2.38. The van der Waals surface area contributed by atoms with E-state index in [1.165, 1.54) is 6.07 Å². The molecule has 2 heterocycles. The Kier molecular flexibility index (Phi) is 6.35. The predicted molar refractivity (Wildman–Crippen MR) is 137 cm³/mol. The third-order valence-electron chi connectivity index (χ3n) is 5.90. The Morgan fingerprint density at radius 2 is 1.52 bits per heavy atom. The molecule has 0 amide bonds. The summed E-state index contributed by atoms with van der Waals surface area (Å²) in [6.07, 6.45) is 1.92. The minimum Gasteiger partial charge on any atom is -0.490 e. The summed E-state index contributed by atoms with van der Waals surface area (Å²) in [5.74, 6) is 0.673. The molecule has 7 heteroatoms. The summed E-state index contributed by atoms with van der Waals surface area (Å²) < 4.78 is 7.94. The SMILES string of the molecule is O=c1ccc2c(-c3ccccc3Cl)cc(OC3CCNCC3)cc2n1-c1c(Cl)cccc1Cl. The zero-order valence-corrected chi connectivity index (χ0v) is 19.9. The second-order valence-corrected chi connectivity index (χ2v) is 9.25. The van der Waals surface area contributed by atoms with Crippen molar-refractivity contribution < 1.29 is 4.74 Å². The van der Waals surface area contributed by atoms with Crippen LogP contribution in [0.2, 0.25) is 15.1 Å². The van der Waals surface area contributed by atoms with Gasteiger partial charge < -0.3 is 10.1 Å². The number of benzene rings is 3. The molecule has 0 aliphatic carbocycles. The number of halogens is 3. The molecule has 1 aromatic heterocycles. The van der Waals surface area contributed by atoms with E-state index in [0.29, 0.717) is 32.0 Å². The fraction of sp³-hybridized carbons (Fsp3) is 0.192. The molecular weight excluding hydrogens is 479 g/mol. The molecule has 33 heavy (non-hydrogen) atoms. The summed E-state index contributed by atoms with van der Waals surface area (Å²) >= 11 is 19.6. The minimum absolute atomic E-state index is 0.0931. The van der Waals surface area contributed by atoms with Gasteiger partial charge in [-0.05, 0) is 61.8 Å². The molecule has 0 unspecified atom stereocenters. The molecule has 5 rings (SSSR count). The molecule has 0 atom stereocenters. The summed E-state index contributed by atoms with van der Waals surface area (Å²) in [5, 5.41) is 5.59. The number of nitrogens with zero attached hydrogens (tertiary/aromatic N) is 1. The van der Waals surface area contributed by atoms with Gasteiger partial charge in [-0.1, -0.05) is 59.1 Å². The highest BCUT2D eigenvalue weighted by molar-refractivity contribution is 6.38. The first-order valence-corrected chi connectivity index (χ1v) is 11.9. The van der Waals surface area contributed by atoms with Crippen molar-refractivity contribution in [2.45, 2.75) is 18.9 Å².